The van der Waals surface area contributed by atoms with Crippen LogP contribution in [0.2, 0.25) is 0 Å². The van der Waals surface area contributed by atoms with E-state index in [1.165, 1.54) is 39.2 Å². The Hall–Kier alpha value is -0.610. The van der Waals surface area contributed by atoms with Crippen molar-refractivity contribution in [3.05, 3.63) is 0 Å². The van der Waals surface area contributed by atoms with Crippen LogP contribution >= 0.6 is 0 Å². The SMILES string of the molecule is COC(=O)C(C)(C)CCN1CCNCC12CCCCC2. The lowest BCUT2D eigenvalue weighted by atomic mass is 9.78. The molecule has 0 aromatic heterocycles. The number of nitrogens with one attached hydrogen (secondary N) is 1. The monoisotopic (exact) mass is 282 g/mol. The molecule has 2 rings (SSSR count). The molecule has 1 saturated carbocycles. The Labute approximate surface area is 123 Å². The molecule has 116 valence electrons. The fourth-order valence-electron chi connectivity index (χ4n) is 3.73. The van der Waals surface area contributed by atoms with Gasteiger partial charge in [-0.2, -0.15) is 0 Å². The third-order valence-electron chi connectivity index (χ3n) is 5.21. The summed E-state index contributed by atoms with van der Waals surface area (Å²) in [6, 6.07) is 0. The zero-order chi connectivity index (χ0) is 14.6. The molecule has 1 spiro atoms. The van der Waals surface area contributed by atoms with Crippen LogP contribution in [0.15, 0.2) is 0 Å². The molecule has 1 saturated heterocycles. The summed E-state index contributed by atoms with van der Waals surface area (Å²) in [5.74, 6) is -0.0923. The molecule has 2 aliphatic rings. The van der Waals surface area contributed by atoms with E-state index in [-0.39, 0.29) is 11.4 Å². The van der Waals surface area contributed by atoms with E-state index in [4.69, 9.17) is 4.74 Å². The van der Waals surface area contributed by atoms with Gasteiger partial charge in [-0.25, -0.2) is 0 Å². The first kappa shape index (κ1) is 15.8. The van der Waals surface area contributed by atoms with Gasteiger partial charge in [-0.15, -0.1) is 0 Å². The molecular weight excluding hydrogens is 252 g/mol. The molecule has 1 aliphatic heterocycles. The number of rotatable bonds is 4. The number of ether oxygens (including phenoxy) is 1. The highest BCUT2D eigenvalue weighted by atomic mass is 16.5. The van der Waals surface area contributed by atoms with E-state index in [1.807, 2.05) is 13.8 Å². The van der Waals surface area contributed by atoms with Crippen LogP contribution in [0.5, 0.6) is 0 Å². The molecule has 0 amide bonds. The highest BCUT2D eigenvalue weighted by molar-refractivity contribution is 5.75. The zero-order valence-electron chi connectivity index (χ0n) is 13.3. The third-order valence-corrected chi connectivity index (χ3v) is 5.21. The van der Waals surface area contributed by atoms with Gasteiger partial charge in [0, 0.05) is 25.2 Å². The van der Waals surface area contributed by atoms with Gasteiger partial charge in [-0.05, 0) is 39.7 Å². The molecule has 0 bridgehead atoms. The normalized spacial score (nSPS) is 23.8. The van der Waals surface area contributed by atoms with Crippen LogP contribution in [0.3, 0.4) is 0 Å². The van der Waals surface area contributed by atoms with E-state index in [0.29, 0.717) is 5.54 Å². The van der Waals surface area contributed by atoms with E-state index in [2.05, 4.69) is 10.2 Å². The van der Waals surface area contributed by atoms with Gasteiger partial charge < -0.3 is 10.1 Å². The van der Waals surface area contributed by atoms with Crippen molar-refractivity contribution in [1.29, 1.82) is 0 Å². The molecule has 0 unspecified atom stereocenters. The molecule has 2 fully saturated rings. The minimum atomic E-state index is -0.379. The number of hydrogen-bond acceptors (Lipinski definition) is 4. The van der Waals surface area contributed by atoms with E-state index in [9.17, 15) is 4.79 Å². The first-order valence-electron chi connectivity index (χ1n) is 8.04. The van der Waals surface area contributed by atoms with Crippen molar-refractivity contribution in [2.75, 3.05) is 33.3 Å². The van der Waals surface area contributed by atoms with E-state index in [1.54, 1.807) is 0 Å². The minimum Gasteiger partial charge on any atom is -0.469 e. The number of hydrogen-bond donors (Lipinski definition) is 1. The van der Waals surface area contributed by atoms with Crippen LogP contribution in [0.4, 0.5) is 0 Å². The topological polar surface area (TPSA) is 41.6 Å². The third kappa shape index (κ3) is 3.34. The molecule has 4 heteroatoms. The summed E-state index contributed by atoms with van der Waals surface area (Å²) in [6.07, 6.45) is 7.55. The number of piperazine rings is 1. The van der Waals surface area contributed by atoms with Gasteiger partial charge in [0.15, 0.2) is 0 Å². The molecule has 0 aromatic carbocycles. The van der Waals surface area contributed by atoms with E-state index in [0.717, 1.165) is 32.6 Å². The van der Waals surface area contributed by atoms with Crippen molar-refractivity contribution in [2.24, 2.45) is 5.41 Å². The largest absolute Gasteiger partial charge is 0.469 e. The molecule has 0 aromatic rings. The van der Waals surface area contributed by atoms with Crippen LogP contribution in [0.1, 0.15) is 52.4 Å². The maximum absolute atomic E-state index is 11.8. The van der Waals surface area contributed by atoms with Crippen LogP contribution < -0.4 is 5.32 Å². The van der Waals surface area contributed by atoms with Crippen molar-refractivity contribution in [3.8, 4) is 0 Å². The van der Waals surface area contributed by atoms with Crippen LogP contribution in [0, 0.1) is 5.41 Å². The van der Waals surface area contributed by atoms with Crippen LogP contribution in [0.25, 0.3) is 0 Å². The fraction of sp³-hybridized carbons (Fsp3) is 0.938. The molecule has 1 N–H and O–H groups in total. The fourth-order valence-corrected chi connectivity index (χ4v) is 3.73. The van der Waals surface area contributed by atoms with Gasteiger partial charge >= 0.3 is 5.97 Å². The van der Waals surface area contributed by atoms with Crippen molar-refractivity contribution >= 4 is 5.97 Å². The lowest BCUT2D eigenvalue weighted by Gasteiger charge is -2.50. The molecular formula is C16H30N2O2. The predicted molar refractivity (Wildman–Crippen MR) is 80.7 cm³/mol. The summed E-state index contributed by atoms with van der Waals surface area (Å²) in [7, 11) is 1.48. The minimum absolute atomic E-state index is 0.0923. The van der Waals surface area contributed by atoms with Gasteiger partial charge in [0.25, 0.3) is 0 Å². The molecule has 1 heterocycles. The first-order valence-corrected chi connectivity index (χ1v) is 8.04. The number of esters is 1. The number of methoxy groups -OCH3 is 1. The van der Waals surface area contributed by atoms with Gasteiger partial charge in [-0.1, -0.05) is 19.3 Å². The van der Waals surface area contributed by atoms with Gasteiger partial charge in [0.2, 0.25) is 0 Å². The Morgan fingerprint density at radius 3 is 2.65 bits per heavy atom. The second-order valence-electron chi connectivity index (χ2n) is 7.07. The number of carbonyl (C=O) groups excluding carboxylic acids is 1. The van der Waals surface area contributed by atoms with Crippen molar-refractivity contribution in [3.63, 3.8) is 0 Å². The van der Waals surface area contributed by atoms with Crippen molar-refractivity contribution in [1.82, 2.24) is 10.2 Å². The summed E-state index contributed by atoms with van der Waals surface area (Å²) < 4.78 is 4.92. The highest BCUT2D eigenvalue weighted by Crippen LogP contribution is 2.35. The zero-order valence-corrected chi connectivity index (χ0v) is 13.3. The predicted octanol–water partition coefficient (Wildman–Crippen LogP) is 2.18. The van der Waals surface area contributed by atoms with Crippen LogP contribution in [-0.4, -0.2) is 49.7 Å². The van der Waals surface area contributed by atoms with Crippen molar-refractivity contribution < 1.29 is 9.53 Å². The van der Waals surface area contributed by atoms with Gasteiger partial charge in [-0.3, -0.25) is 9.69 Å². The number of carbonyl (C=O) groups is 1. The Morgan fingerprint density at radius 1 is 1.30 bits per heavy atom. The Morgan fingerprint density at radius 2 is 2.00 bits per heavy atom. The van der Waals surface area contributed by atoms with E-state index >= 15 is 0 Å². The maximum Gasteiger partial charge on any atom is 0.311 e. The van der Waals surface area contributed by atoms with Gasteiger partial charge in [0.05, 0.1) is 12.5 Å². The molecule has 4 nitrogen and oxygen atoms in total. The molecule has 0 atom stereocenters. The second kappa shape index (κ2) is 6.44. The lowest BCUT2D eigenvalue weighted by Crippen LogP contribution is -2.62. The molecule has 0 radical (unpaired) electrons. The quantitative estimate of drug-likeness (QED) is 0.803. The number of nitrogens with zero attached hydrogens (tertiary/aromatic N) is 1. The van der Waals surface area contributed by atoms with Crippen LogP contribution in [-0.2, 0) is 9.53 Å². The summed E-state index contributed by atoms with van der Waals surface area (Å²) in [6.45, 7) is 8.29. The Kier molecular flexibility index (Phi) is 5.08. The molecule has 1 aliphatic carbocycles. The summed E-state index contributed by atoms with van der Waals surface area (Å²) in [5, 5.41) is 3.57. The van der Waals surface area contributed by atoms with Gasteiger partial charge in [0.1, 0.15) is 0 Å². The first-order chi connectivity index (χ1) is 9.50. The summed E-state index contributed by atoms with van der Waals surface area (Å²) >= 11 is 0. The van der Waals surface area contributed by atoms with Crippen molar-refractivity contribution in [2.45, 2.75) is 57.9 Å². The smallest absolute Gasteiger partial charge is 0.311 e. The summed E-state index contributed by atoms with van der Waals surface area (Å²) in [5.41, 5.74) is -0.0296. The Bertz CT molecular complexity index is 327. The maximum atomic E-state index is 11.8. The Balaban J connectivity index is 1.97. The van der Waals surface area contributed by atoms with E-state index < -0.39 is 0 Å². The highest BCUT2D eigenvalue weighted by Gasteiger charge is 2.40. The second-order valence-corrected chi connectivity index (χ2v) is 7.07. The average molecular weight is 282 g/mol. The standard InChI is InChI=1S/C16H30N2O2/c1-15(2,14(19)20-3)9-11-18-12-10-17-13-16(18)7-5-4-6-8-16/h17H,4-13H2,1-3H3. The summed E-state index contributed by atoms with van der Waals surface area (Å²) in [4.78, 5) is 14.5. The lowest BCUT2D eigenvalue weighted by molar-refractivity contribution is -0.151. The average Bonchev–Trinajstić information content (AvgIpc) is 2.46. The molecule has 20 heavy (non-hydrogen) atoms.